The number of carboxylic acid groups (broad SMARTS) is 1. The maximum atomic E-state index is 10.4. The van der Waals surface area contributed by atoms with Crippen molar-refractivity contribution in [1.29, 1.82) is 0 Å². The lowest BCUT2D eigenvalue weighted by Crippen LogP contribution is -2.06. The summed E-state index contributed by atoms with van der Waals surface area (Å²) in [5.74, 6) is -0.676. The number of hydrogen-bond donors (Lipinski definition) is 2. The van der Waals surface area contributed by atoms with E-state index in [9.17, 15) is 9.90 Å². The molecule has 0 bridgehead atoms. The van der Waals surface area contributed by atoms with Crippen molar-refractivity contribution in [2.45, 2.75) is 19.4 Å². The molecule has 1 atom stereocenters. The van der Waals surface area contributed by atoms with Gasteiger partial charge in [0.2, 0.25) is 5.88 Å². The number of aliphatic hydroxyl groups is 1. The Hall–Kier alpha value is -1.62. The van der Waals surface area contributed by atoms with Gasteiger partial charge in [-0.1, -0.05) is 0 Å². The van der Waals surface area contributed by atoms with Gasteiger partial charge in [-0.25, -0.2) is 4.98 Å². The third-order valence-electron chi connectivity index (χ3n) is 1.91. The zero-order valence-electron chi connectivity index (χ0n) is 8.60. The van der Waals surface area contributed by atoms with Crippen molar-refractivity contribution in [3.63, 3.8) is 0 Å². The summed E-state index contributed by atoms with van der Waals surface area (Å²) in [5.41, 5.74) is 1.18. The molecule has 0 saturated heterocycles. The van der Waals surface area contributed by atoms with E-state index in [1.807, 2.05) is 0 Å². The highest BCUT2D eigenvalue weighted by atomic mass is 16.5. The van der Waals surface area contributed by atoms with Gasteiger partial charge in [-0.15, -0.1) is 0 Å². The number of methoxy groups -OCH3 is 1. The zero-order chi connectivity index (χ0) is 11.4. The molecule has 5 nitrogen and oxygen atoms in total. The first-order valence-electron chi connectivity index (χ1n) is 4.45. The lowest BCUT2D eigenvalue weighted by atomic mass is 10.1. The second-order valence-corrected chi connectivity index (χ2v) is 3.20. The molecule has 0 unspecified atom stereocenters. The van der Waals surface area contributed by atoms with Crippen molar-refractivity contribution >= 4 is 5.97 Å². The third kappa shape index (κ3) is 3.21. The highest BCUT2D eigenvalue weighted by molar-refractivity contribution is 5.67. The number of ether oxygens (including phenoxy) is 1. The molecule has 1 heterocycles. The van der Waals surface area contributed by atoms with Crippen LogP contribution >= 0.6 is 0 Å². The molecule has 5 heteroatoms. The maximum Gasteiger partial charge on any atom is 0.306 e. The summed E-state index contributed by atoms with van der Waals surface area (Å²) < 4.78 is 4.92. The molecule has 82 valence electrons. The lowest BCUT2D eigenvalue weighted by Gasteiger charge is -2.10. The van der Waals surface area contributed by atoms with Crippen LogP contribution in [0, 0.1) is 6.92 Å². The summed E-state index contributed by atoms with van der Waals surface area (Å²) >= 11 is 0. The maximum absolute atomic E-state index is 10.4. The van der Waals surface area contributed by atoms with Crippen LogP contribution in [0.4, 0.5) is 0 Å². The Morgan fingerprint density at radius 3 is 2.80 bits per heavy atom. The molecule has 0 radical (unpaired) electrons. The van der Waals surface area contributed by atoms with Crippen LogP contribution in [0.2, 0.25) is 0 Å². The highest BCUT2D eigenvalue weighted by Gasteiger charge is 2.13. The van der Waals surface area contributed by atoms with Crippen molar-refractivity contribution < 1.29 is 19.7 Å². The van der Waals surface area contributed by atoms with Gasteiger partial charge in [0.05, 0.1) is 19.6 Å². The molecule has 0 aliphatic heterocycles. The monoisotopic (exact) mass is 211 g/mol. The number of hydrogen-bond acceptors (Lipinski definition) is 4. The molecule has 0 aliphatic rings. The number of aliphatic hydroxyl groups excluding tert-OH is 1. The van der Waals surface area contributed by atoms with Gasteiger partial charge in [0, 0.05) is 11.8 Å². The molecule has 1 rings (SSSR count). The van der Waals surface area contributed by atoms with Gasteiger partial charge in [0.15, 0.2) is 0 Å². The highest BCUT2D eigenvalue weighted by Crippen LogP contribution is 2.21. The molecule has 0 saturated carbocycles. The van der Waals surface area contributed by atoms with Crippen LogP contribution in [0.3, 0.4) is 0 Å². The van der Waals surface area contributed by atoms with Crippen molar-refractivity contribution in [3.8, 4) is 5.88 Å². The topological polar surface area (TPSA) is 79.7 Å². The van der Waals surface area contributed by atoms with E-state index < -0.39 is 12.1 Å². The molecule has 0 spiro atoms. The van der Waals surface area contributed by atoms with E-state index in [2.05, 4.69) is 4.98 Å². The van der Waals surface area contributed by atoms with Gasteiger partial charge in [-0.05, 0) is 18.6 Å². The Bertz CT molecular complexity index is 364. The Morgan fingerprint density at radius 2 is 2.27 bits per heavy atom. The number of rotatable bonds is 4. The Labute approximate surface area is 87.3 Å². The van der Waals surface area contributed by atoms with E-state index in [-0.39, 0.29) is 6.42 Å². The van der Waals surface area contributed by atoms with E-state index in [1.54, 1.807) is 13.0 Å². The molecule has 0 fully saturated rings. The summed E-state index contributed by atoms with van der Waals surface area (Å²) in [4.78, 5) is 14.4. The first kappa shape index (κ1) is 11.5. The Balaban J connectivity index is 2.92. The van der Waals surface area contributed by atoms with Crippen LogP contribution in [0.1, 0.15) is 23.8 Å². The predicted octanol–water partition coefficient (Wildman–Crippen LogP) is 0.907. The van der Waals surface area contributed by atoms with Crippen LogP contribution in [0.25, 0.3) is 0 Å². The Kier molecular flexibility index (Phi) is 3.62. The number of carboxylic acids is 1. The molecule has 1 aromatic rings. The number of nitrogens with zero attached hydrogens (tertiary/aromatic N) is 1. The fraction of sp³-hybridized carbons (Fsp3) is 0.400. The first-order valence-corrected chi connectivity index (χ1v) is 4.45. The predicted molar refractivity (Wildman–Crippen MR) is 52.7 cm³/mol. The van der Waals surface area contributed by atoms with Gasteiger partial charge in [0.1, 0.15) is 0 Å². The average molecular weight is 211 g/mol. The standard InChI is InChI=1S/C10H13NO4/c1-6-3-7(4-9(11-6)15-2)8(12)5-10(13)14/h3-4,8,12H,5H2,1-2H3,(H,13,14)/t8-/m0/s1. The molecule has 2 N–H and O–H groups in total. The smallest absolute Gasteiger partial charge is 0.306 e. The minimum absolute atomic E-state index is 0.327. The molecule has 0 aromatic carbocycles. The van der Waals surface area contributed by atoms with Crippen molar-refractivity contribution in [2.24, 2.45) is 0 Å². The summed E-state index contributed by atoms with van der Waals surface area (Å²) in [6.07, 6.45) is -1.36. The first-order chi connectivity index (χ1) is 7.02. The average Bonchev–Trinajstić information content (AvgIpc) is 2.15. The largest absolute Gasteiger partial charge is 0.481 e. The Morgan fingerprint density at radius 1 is 1.60 bits per heavy atom. The summed E-state index contributed by atoms with van der Waals surface area (Å²) in [5, 5.41) is 18.1. The molecular weight excluding hydrogens is 198 g/mol. The van der Waals surface area contributed by atoms with Gasteiger partial charge < -0.3 is 14.9 Å². The van der Waals surface area contributed by atoms with Crippen LogP contribution in [-0.4, -0.2) is 28.3 Å². The summed E-state index contributed by atoms with van der Waals surface area (Å²) in [6.45, 7) is 1.75. The number of aliphatic carboxylic acids is 1. The quantitative estimate of drug-likeness (QED) is 0.773. The van der Waals surface area contributed by atoms with Crippen LogP contribution < -0.4 is 4.74 Å². The zero-order valence-corrected chi connectivity index (χ0v) is 8.60. The minimum Gasteiger partial charge on any atom is -0.481 e. The fourth-order valence-corrected chi connectivity index (χ4v) is 1.24. The van der Waals surface area contributed by atoms with E-state index in [0.717, 1.165) is 0 Å². The van der Waals surface area contributed by atoms with E-state index in [1.165, 1.54) is 13.2 Å². The van der Waals surface area contributed by atoms with E-state index >= 15 is 0 Å². The van der Waals surface area contributed by atoms with Gasteiger partial charge in [-0.2, -0.15) is 0 Å². The minimum atomic E-state index is -1.05. The van der Waals surface area contributed by atoms with Crippen molar-refractivity contribution in [1.82, 2.24) is 4.98 Å². The van der Waals surface area contributed by atoms with Crippen molar-refractivity contribution in [3.05, 3.63) is 23.4 Å². The van der Waals surface area contributed by atoms with E-state index in [0.29, 0.717) is 17.1 Å². The summed E-state index contributed by atoms with van der Waals surface area (Å²) in [7, 11) is 1.47. The summed E-state index contributed by atoms with van der Waals surface area (Å²) in [6, 6.07) is 3.16. The van der Waals surface area contributed by atoms with E-state index in [4.69, 9.17) is 9.84 Å². The number of aromatic nitrogens is 1. The third-order valence-corrected chi connectivity index (χ3v) is 1.91. The number of carbonyl (C=O) groups is 1. The number of aryl methyl sites for hydroxylation is 1. The van der Waals surface area contributed by atoms with Crippen molar-refractivity contribution in [2.75, 3.05) is 7.11 Å². The number of pyridine rings is 1. The van der Waals surface area contributed by atoms with Gasteiger partial charge in [0.25, 0.3) is 0 Å². The molecule has 0 aliphatic carbocycles. The molecule has 1 aromatic heterocycles. The second kappa shape index (κ2) is 4.75. The molecule has 15 heavy (non-hydrogen) atoms. The lowest BCUT2D eigenvalue weighted by molar-refractivity contribution is -0.139. The van der Waals surface area contributed by atoms with Crippen LogP contribution in [-0.2, 0) is 4.79 Å². The second-order valence-electron chi connectivity index (χ2n) is 3.20. The SMILES string of the molecule is COc1cc([C@@H](O)CC(=O)O)cc(C)n1. The van der Waals surface area contributed by atoms with Crippen LogP contribution in [0.5, 0.6) is 5.88 Å². The van der Waals surface area contributed by atoms with Gasteiger partial charge in [-0.3, -0.25) is 4.79 Å². The van der Waals surface area contributed by atoms with Crippen LogP contribution in [0.15, 0.2) is 12.1 Å². The van der Waals surface area contributed by atoms with Gasteiger partial charge >= 0.3 is 5.97 Å². The molecule has 0 amide bonds. The molecular formula is C10H13NO4. The fourth-order valence-electron chi connectivity index (χ4n) is 1.24. The normalized spacial score (nSPS) is 12.2.